The fourth-order valence-corrected chi connectivity index (χ4v) is 2.25. The highest BCUT2D eigenvalue weighted by Gasteiger charge is 2.08. The van der Waals surface area contributed by atoms with E-state index in [9.17, 15) is 8.42 Å². The quantitative estimate of drug-likeness (QED) is 0.632. The van der Waals surface area contributed by atoms with Gasteiger partial charge in [-0.2, -0.15) is 0 Å². The average molecular weight is 236 g/mol. The first-order valence-electron chi connectivity index (χ1n) is 5.68. The first-order chi connectivity index (χ1) is 7.05. The van der Waals surface area contributed by atoms with E-state index in [1.807, 2.05) is 0 Å². The van der Waals surface area contributed by atoms with Crippen LogP contribution in [0.3, 0.4) is 0 Å². The number of nitrogens with two attached hydrogens (primary N) is 1. The lowest BCUT2D eigenvalue weighted by Gasteiger charge is -2.19. The Kier molecular flexibility index (Phi) is 8.00. The molecule has 0 aromatic carbocycles. The summed E-state index contributed by atoms with van der Waals surface area (Å²) in [6, 6.07) is 0. The van der Waals surface area contributed by atoms with E-state index in [0.29, 0.717) is 12.3 Å². The summed E-state index contributed by atoms with van der Waals surface area (Å²) in [6.07, 6.45) is 1.71. The van der Waals surface area contributed by atoms with E-state index in [1.54, 1.807) is 6.92 Å². The molecule has 0 aromatic heterocycles. The number of nitrogens with zero attached hydrogens (tertiary/aromatic N) is 1. The smallest absolute Gasteiger partial charge is 0.150 e. The predicted molar refractivity (Wildman–Crippen MR) is 64.7 cm³/mol. The molecule has 0 aliphatic carbocycles. The van der Waals surface area contributed by atoms with Crippen LogP contribution in [-0.4, -0.2) is 51.0 Å². The van der Waals surface area contributed by atoms with Gasteiger partial charge in [-0.25, -0.2) is 8.42 Å². The molecular weight excluding hydrogens is 212 g/mol. The van der Waals surface area contributed by atoms with Crippen LogP contribution in [0, 0.1) is 0 Å². The molecule has 0 atom stereocenters. The molecule has 0 fully saturated rings. The van der Waals surface area contributed by atoms with Crippen molar-refractivity contribution in [2.45, 2.75) is 26.7 Å². The molecule has 92 valence electrons. The zero-order valence-electron chi connectivity index (χ0n) is 9.91. The Morgan fingerprint density at radius 2 is 1.73 bits per heavy atom. The predicted octanol–water partition coefficient (Wildman–Crippen LogP) is 0.482. The maximum atomic E-state index is 11.2. The zero-order chi connectivity index (χ0) is 11.7. The van der Waals surface area contributed by atoms with Gasteiger partial charge in [0.1, 0.15) is 9.84 Å². The van der Waals surface area contributed by atoms with Gasteiger partial charge in [0.25, 0.3) is 0 Å². The van der Waals surface area contributed by atoms with Crippen molar-refractivity contribution in [1.29, 1.82) is 0 Å². The minimum Gasteiger partial charge on any atom is -0.330 e. The van der Waals surface area contributed by atoms with Gasteiger partial charge in [0.2, 0.25) is 0 Å². The van der Waals surface area contributed by atoms with E-state index in [0.717, 1.165) is 32.5 Å². The standard InChI is InChI=1S/C10H24N2O2S/c1-3-12(8-5-7-11)9-6-10-15(13,14)4-2/h3-11H2,1-2H3. The van der Waals surface area contributed by atoms with Crippen molar-refractivity contribution in [3.8, 4) is 0 Å². The van der Waals surface area contributed by atoms with Crippen molar-refractivity contribution >= 4 is 9.84 Å². The third-order valence-electron chi connectivity index (χ3n) is 2.50. The van der Waals surface area contributed by atoms with Gasteiger partial charge < -0.3 is 10.6 Å². The van der Waals surface area contributed by atoms with Crippen molar-refractivity contribution in [2.75, 3.05) is 37.7 Å². The minimum absolute atomic E-state index is 0.252. The van der Waals surface area contributed by atoms with Crippen LogP contribution in [0.25, 0.3) is 0 Å². The van der Waals surface area contributed by atoms with Gasteiger partial charge >= 0.3 is 0 Å². The van der Waals surface area contributed by atoms with Crippen molar-refractivity contribution in [3.05, 3.63) is 0 Å². The molecule has 0 amide bonds. The summed E-state index contributed by atoms with van der Waals surface area (Å²) in [5.74, 6) is 0.560. The van der Waals surface area contributed by atoms with Crippen LogP contribution < -0.4 is 5.73 Å². The van der Waals surface area contributed by atoms with Gasteiger partial charge in [0, 0.05) is 5.75 Å². The molecule has 0 aliphatic rings. The van der Waals surface area contributed by atoms with Crippen LogP contribution in [-0.2, 0) is 9.84 Å². The topological polar surface area (TPSA) is 63.4 Å². The van der Waals surface area contributed by atoms with E-state index >= 15 is 0 Å². The first-order valence-corrected chi connectivity index (χ1v) is 7.50. The third kappa shape index (κ3) is 7.76. The van der Waals surface area contributed by atoms with Crippen LogP contribution in [0.1, 0.15) is 26.7 Å². The van der Waals surface area contributed by atoms with Crippen molar-refractivity contribution < 1.29 is 8.42 Å². The van der Waals surface area contributed by atoms with E-state index in [4.69, 9.17) is 5.73 Å². The Bertz CT molecular complexity index is 240. The maximum absolute atomic E-state index is 11.2. The molecule has 0 radical (unpaired) electrons. The molecule has 0 heterocycles. The third-order valence-corrected chi connectivity index (χ3v) is 4.29. The molecule has 0 spiro atoms. The van der Waals surface area contributed by atoms with Gasteiger partial charge in [0.05, 0.1) is 5.75 Å². The van der Waals surface area contributed by atoms with Crippen molar-refractivity contribution in [2.24, 2.45) is 5.73 Å². The number of hydrogen-bond donors (Lipinski definition) is 1. The molecule has 0 bridgehead atoms. The molecule has 5 heteroatoms. The Labute approximate surface area is 93.7 Å². The Morgan fingerprint density at radius 1 is 1.13 bits per heavy atom. The van der Waals surface area contributed by atoms with Gasteiger partial charge in [0.15, 0.2) is 0 Å². The van der Waals surface area contributed by atoms with E-state index < -0.39 is 9.84 Å². The molecule has 0 aliphatic heterocycles. The van der Waals surface area contributed by atoms with Gasteiger partial charge in [-0.15, -0.1) is 0 Å². The van der Waals surface area contributed by atoms with Gasteiger partial charge in [-0.3, -0.25) is 0 Å². The number of rotatable bonds is 9. The fourth-order valence-electron chi connectivity index (χ4n) is 1.40. The van der Waals surface area contributed by atoms with Crippen LogP contribution in [0.15, 0.2) is 0 Å². The lowest BCUT2D eigenvalue weighted by atomic mass is 10.3. The molecule has 2 N–H and O–H groups in total. The summed E-state index contributed by atoms with van der Waals surface area (Å²) in [6.45, 7) is 7.27. The SMILES string of the molecule is CCN(CCCN)CCCS(=O)(=O)CC. The second-order valence-corrected chi connectivity index (χ2v) is 6.14. The van der Waals surface area contributed by atoms with Crippen molar-refractivity contribution in [1.82, 2.24) is 4.90 Å². The number of hydrogen-bond acceptors (Lipinski definition) is 4. The molecule has 0 saturated heterocycles. The molecular formula is C10H24N2O2S. The molecule has 15 heavy (non-hydrogen) atoms. The van der Waals surface area contributed by atoms with Crippen LogP contribution in [0.2, 0.25) is 0 Å². The maximum Gasteiger partial charge on any atom is 0.150 e. The van der Waals surface area contributed by atoms with E-state index in [1.165, 1.54) is 0 Å². The minimum atomic E-state index is -2.80. The lowest BCUT2D eigenvalue weighted by Crippen LogP contribution is -2.28. The highest BCUT2D eigenvalue weighted by Crippen LogP contribution is 1.98. The highest BCUT2D eigenvalue weighted by atomic mass is 32.2. The van der Waals surface area contributed by atoms with Crippen LogP contribution >= 0.6 is 0 Å². The van der Waals surface area contributed by atoms with Gasteiger partial charge in [-0.1, -0.05) is 13.8 Å². The van der Waals surface area contributed by atoms with E-state index in [2.05, 4.69) is 11.8 Å². The molecule has 0 unspecified atom stereocenters. The summed E-state index contributed by atoms with van der Waals surface area (Å²) in [5.41, 5.74) is 5.43. The monoisotopic (exact) mass is 236 g/mol. The van der Waals surface area contributed by atoms with Gasteiger partial charge in [-0.05, 0) is 39.0 Å². The average Bonchev–Trinajstić information content (AvgIpc) is 2.23. The second-order valence-electron chi connectivity index (χ2n) is 3.67. The Hall–Kier alpha value is -0.130. The Balaban J connectivity index is 3.72. The summed E-state index contributed by atoms with van der Waals surface area (Å²) in [5, 5.41) is 0. The first kappa shape index (κ1) is 14.9. The number of sulfone groups is 1. The highest BCUT2D eigenvalue weighted by molar-refractivity contribution is 7.91. The molecule has 0 aromatic rings. The zero-order valence-corrected chi connectivity index (χ0v) is 10.7. The normalized spacial score (nSPS) is 12.3. The second kappa shape index (κ2) is 8.07. The van der Waals surface area contributed by atoms with Crippen LogP contribution in [0.4, 0.5) is 0 Å². The molecule has 0 rings (SSSR count). The summed E-state index contributed by atoms with van der Waals surface area (Å²) < 4.78 is 22.5. The Morgan fingerprint density at radius 3 is 2.20 bits per heavy atom. The van der Waals surface area contributed by atoms with E-state index in [-0.39, 0.29) is 5.75 Å². The lowest BCUT2D eigenvalue weighted by molar-refractivity contribution is 0.287. The van der Waals surface area contributed by atoms with Crippen molar-refractivity contribution in [3.63, 3.8) is 0 Å². The summed E-state index contributed by atoms with van der Waals surface area (Å²) >= 11 is 0. The fraction of sp³-hybridized carbons (Fsp3) is 1.00. The largest absolute Gasteiger partial charge is 0.330 e. The molecule has 0 saturated carbocycles. The summed E-state index contributed by atoms with van der Waals surface area (Å²) in [7, 11) is -2.80. The molecule has 4 nitrogen and oxygen atoms in total. The summed E-state index contributed by atoms with van der Waals surface area (Å²) in [4.78, 5) is 2.25. The van der Waals surface area contributed by atoms with Crippen LogP contribution in [0.5, 0.6) is 0 Å².